The Morgan fingerprint density at radius 3 is 2.77 bits per heavy atom. The molecule has 1 heterocycles. The van der Waals surface area contributed by atoms with E-state index in [-0.39, 0.29) is 23.7 Å². The second-order valence-electron chi connectivity index (χ2n) is 6.52. The molecule has 1 N–H and O–H groups in total. The summed E-state index contributed by atoms with van der Waals surface area (Å²) in [5, 5.41) is 3.16. The first kappa shape index (κ1) is 20.0. The van der Waals surface area contributed by atoms with Crippen LogP contribution in [0.2, 0.25) is 0 Å². The minimum atomic E-state index is -0.0340. The van der Waals surface area contributed by atoms with Gasteiger partial charge in [0.2, 0.25) is 5.91 Å². The average molecular weight is 360 g/mol. The molecule has 0 radical (unpaired) electrons. The number of amides is 1. The van der Waals surface area contributed by atoms with Crippen molar-refractivity contribution in [3.8, 4) is 11.5 Å². The van der Waals surface area contributed by atoms with E-state index in [2.05, 4.69) is 5.32 Å². The maximum absolute atomic E-state index is 12.8. The summed E-state index contributed by atoms with van der Waals surface area (Å²) in [7, 11) is 5.07. The summed E-state index contributed by atoms with van der Waals surface area (Å²) in [5.74, 6) is 1.58. The number of carbonyl (C=O) groups is 2. The molecule has 1 aromatic rings. The molecular weight excluding hydrogens is 332 g/mol. The molecule has 2 unspecified atom stereocenters. The third-order valence-electron chi connectivity index (χ3n) is 4.74. The molecule has 0 bridgehead atoms. The highest BCUT2D eigenvalue weighted by atomic mass is 16.5. The molecule has 0 aromatic heterocycles. The number of methoxy groups -OCH3 is 2. The highest BCUT2D eigenvalue weighted by Gasteiger charge is 2.33. The second-order valence-corrected chi connectivity index (χ2v) is 6.52. The van der Waals surface area contributed by atoms with Gasteiger partial charge in [0.25, 0.3) is 0 Å². The van der Waals surface area contributed by atoms with Gasteiger partial charge in [0.1, 0.15) is 11.5 Å². The maximum Gasteiger partial charge on any atom is 0.226 e. The van der Waals surface area contributed by atoms with Crippen LogP contribution in [-0.2, 0) is 16.1 Å². The number of hydrogen-bond acceptors (Lipinski definition) is 5. The van der Waals surface area contributed by atoms with Crippen LogP contribution >= 0.6 is 0 Å². The number of ketones is 1. The summed E-state index contributed by atoms with van der Waals surface area (Å²) in [5.41, 5.74) is 0.962. The normalized spacial score (nSPS) is 18.4. The molecule has 2 atom stereocenters. The monoisotopic (exact) mass is 360 g/mol. The molecule has 1 aliphatic heterocycles. The molecule has 1 aromatic carbocycles. The Hall–Kier alpha value is -2.34. The van der Waals surface area contributed by atoms with E-state index in [9.17, 15) is 9.59 Å². The lowest BCUT2D eigenvalue weighted by Crippen LogP contribution is -2.31. The van der Waals surface area contributed by atoms with Crippen molar-refractivity contribution in [2.45, 2.75) is 32.4 Å². The molecule has 1 aliphatic rings. The van der Waals surface area contributed by atoms with Crippen LogP contribution in [0.15, 0.2) is 30.4 Å². The number of likely N-dealkylation sites (tertiary alicyclic amines) is 1. The highest BCUT2D eigenvalue weighted by Crippen LogP contribution is 2.29. The van der Waals surface area contributed by atoms with Gasteiger partial charge in [0, 0.05) is 36.7 Å². The molecule has 2 rings (SSSR count). The zero-order valence-corrected chi connectivity index (χ0v) is 16.0. The van der Waals surface area contributed by atoms with Crippen LogP contribution in [-0.4, -0.2) is 50.4 Å². The van der Waals surface area contributed by atoms with Crippen molar-refractivity contribution in [3.05, 3.63) is 35.9 Å². The van der Waals surface area contributed by atoms with Crippen molar-refractivity contribution in [2.75, 3.05) is 27.8 Å². The van der Waals surface area contributed by atoms with Gasteiger partial charge in [-0.2, -0.15) is 0 Å². The quantitative estimate of drug-likeness (QED) is 0.684. The molecule has 0 spiro atoms. The standard InChI is InChI=1S/C20H28N2O4/c1-14(23)5-7-17(21-2)11-15-9-10-22(20(15)24)13-16-6-8-18(25-3)12-19(16)26-4/h5-8,12,15,17,21H,9-11,13H2,1-4H3/b7-5+. The third kappa shape index (κ3) is 5.08. The summed E-state index contributed by atoms with van der Waals surface area (Å²) in [6.45, 7) is 2.77. The lowest BCUT2D eigenvalue weighted by atomic mass is 9.98. The van der Waals surface area contributed by atoms with Crippen LogP contribution in [0.4, 0.5) is 0 Å². The second kappa shape index (κ2) is 9.38. The first-order valence-electron chi connectivity index (χ1n) is 8.84. The van der Waals surface area contributed by atoms with E-state index >= 15 is 0 Å². The number of likely N-dealkylation sites (N-methyl/N-ethyl adjacent to an activating group) is 1. The number of carbonyl (C=O) groups excluding carboxylic acids is 2. The van der Waals surface area contributed by atoms with Gasteiger partial charge in [0.05, 0.1) is 14.2 Å². The van der Waals surface area contributed by atoms with Crippen LogP contribution < -0.4 is 14.8 Å². The highest BCUT2D eigenvalue weighted by molar-refractivity contribution is 5.87. The SMILES string of the molecule is CNC(/C=C/C(C)=O)CC1CCN(Cc2ccc(OC)cc2OC)C1=O. The first-order chi connectivity index (χ1) is 12.5. The number of nitrogens with one attached hydrogen (secondary N) is 1. The molecule has 1 saturated heterocycles. The first-order valence-corrected chi connectivity index (χ1v) is 8.84. The molecule has 6 nitrogen and oxygen atoms in total. The van der Waals surface area contributed by atoms with Crippen LogP contribution in [0.5, 0.6) is 11.5 Å². The van der Waals surface area contributed by atoms with E-state index in [0.29, 0.717) is 13.0 Å². The van der Waals surface area contributed by atoms with Crippen LogP contribution in [0.25, 0.3) is 0 Å². The minimum absolute atomic E-state index is 0.0104. The summed E-state index contributed by atoms with van der Waals surface area (Å²) in [6, 6.07) is 5.66. The van der Waals surface area contributed by atoms with Crippen LogP contribution in [0, 0.1) is 5.92 Å². The lowest BCUT2D eigenvalue weighted by molar-refractivity contribution is -0.131. The van der Waals surface area contributed by atoms with Crippen LogP contribution in [0.1, 0.15) is 25.3 Å². The van der Waals surface area contributed by atoms with Gasteiger partial charge >= 0.3 is 0 Å². The predicted octanol–water partition coefficient (Wildman–Crippen LogP) is 2.18. The largest absolute Gasteiger partial charge is 0.497 e. The number of rotatable bonds is 9. The third-order valence-corrected chi connectivity index (χ3v) is 4.74. The smallest absolute Gasteiger partial charge is 0.226 e. The van der Waals surface area contributed by atoms with Gasteiger partial charge in [-0.25, -0.2) is 0 Å². The Morgan fingerprint density at radius 2 is 2.15 bits per heavy atom. The Labute approximate surface area is 155 Å². The number of allylic oxidation sites excluding steroid dienone is 1. The Kier molecular flexibility index (Phi) is 7.21. The van der Waals surface area contributed by atoms with E-state index < -0.39 is 0 Å². The summed E-state index contributed by atoms with van der Waals surface area (Å²) < 4.78 is 10.6. The molecule has 1 fully saturated rings. The van der Waals surface area contributed by atoms with E-state index in [1.54, 1.807) is 20.3 Å². The topological polar surface area (TPSA) is 67.9 Å². The Morgan fingerprint density at radius 1 is 1.38 bits per heavy atom. The van der Waals surface area contributed by atoms with Crippen molar-refractivity contribution in [3.63, 3.8) is 0 Å². The fourth-order valence-electron chi connectivity index (χ4n) is 3.22. The molecule has 142 valence electrons. The maximum atomic E-state index is 12.8. The van der Waals surface area contributed by atoms with E-state index in [1.165, 1.54) is 6.92 Å². The van der Waals surface area contributed by atoms with Crippen molar-refractivity contribution >= 4 is 11.7 Å². The predicted molar refractivity (Wildman–Crippen MR) is 100 cm³/mol. The van der Waals surface area contributed by atoms with E-state index in [4.69, 9.17) is 9.47 Å². The Balaban J connectivity index is 2.01. The molecule has 6 heteroatoms. The van der Waals surface area contributed by atoms with Gasteiger partial charge in [-0.15, -0.1) is 0 Å². The zero-order valence-electron chi connectivity index (χ0n) is 16.0. The fourth-order valence-corrected chi connectivity index (χ4v) is 3.22. The molecular formula is C20H28N2O4. The van der Waals surface area contributed by atoms with E-state index in [1.807, 2.05) is 36.2 Å². The summed E-state index contributed by atoms with van der Waals surface area (Å²) in [4.78, 5) is 25.8. The van der Waals surface area contributed by atoms with Gasteiger partial charge in [-0.1, -0.05) is 6.08 Å². The molecule has 26 heavy (non-hydrogen) atoms. The minimum Gasteiger partial charge on any atom is -0.497 e. The van der Waals surface area contributed by atoms with Crippen molar-refractivity contribution in [1.29, 1.82) is 0 Å². The number of benzene rings is 1. The number of nitrogens with zero attached hydrogens (tertiary/aromatic N) is 1. The van der Waals surface area contributed by atoms with E-state index in [0.717, 1.165) is 30.0 Å². The van der Waals surface area contributed by atoms with Gasteiger partial charge in [-0.3, -0.25) is 9.59 Å². The molecule has 1 amide bonds. The Bertz CT molecular complexity index is 672. The van der Waals surface area contributed by atoms with Crippen molar-refractivity contribution in [1.82, 2.24) is 10.2 Å². The molecule has 0 saturated carbocycles. The van der Waals surface area contributed by atoms with Crippen molar-refractivity contribution in [2.24, 2.45) is 5.92 Å². The van der Waals surface area contributed by atoms with Gasteiger partial charge < -0.3 is 19.7 Å². The average Bonchev–Trinajstić information content (AvgIpc) is 2.98. The summed E-state index contributed by atoms with van der Waals surface area (Å²) in [6.07, 6.45) is 4.91. The van der Waals surface area contributed by atoms with Gasteiger partial charge in [0.15, 0.2) is 5.78 Å². The number of ether oxygens (including phenoxy) is 2. The fraction of sp³-hybridized carbons (Fsp3) is 0.500. The van der Waals surface area contributed by atoms with Crippen molar-refractivity contribution < 1.29 is 19.1 Å². The zero-order chi connectivity index (χ0) is 19.1. The summed E-state index contributed by atoms with van der Waals surface area (Å²) >= 11 is 0. The number of hydrogen-bond donors (Lipinski definition) is 1. The van der Waals surface area contributed by atoms with Gasteiger partial charge in [-0.05, 0) is 45.0 Å². The molecule has 0 aliphatic carbocycles. The van der Waals surface area contributed by atoms with Crippen LogP contribution in [0.3, 0.4) is 0 Å². The lowest BCUT2D eigenvalue weighted by Gasteiger charge is -2.20.